The summed E-state index contributed by atoms with van der Waals surface area (Å²) in [5, 5.41) is 10.4. The van der Waals surface area contributed by atoms with Crippen LogP contribution in [0, 0.1) is 13.8 Å². The van der Waals surface area contributed by atoms with Crippen LogP contribution in [0.1, 0.15) is 18.3 Å². The van der Waals surface area contributed by atoms with Crippen LogP contribution in [0.2, 0.25) is 0 Å². The van der Waals surface area contributed by atoms with Crippen molar-refractivity contribution >= 4 is 28.1 Å². The molecule has 1 aliphatic rings. The van der Waals surface area contributed by atoms with E-state index < -0.39 is 0 Å². The molecule has 0 radical (unpaired) electrons. The van der Waals surface area contributed by atoms with Crippen LogP contribution >= 0.6 is 11.3 Å². The van der Waals surface area contributed by atoms with Gasteiger partial charge in [0.1, 0.15) is 0 Å². The van der Waals surface area contributed by atoms with Gasteiger partial charge < -0.3 is 10.2 Å². The van der Waals surface area contributed by atoms with Gasteiger partial charge in [0.25, 0.3) is 0 Å². The Morgan fingerprint density at radius 3 is 2.79 bits per heavy atom. The first-order valence-electron chi connectivity index (χ1n) is 8.14. The Labute approximate surface area is 146 Å². The number of carbonyl (C=O) groups excluding carboxylic acids is 1. The van der Waals surface area contributed by atoms with E-state index in [0.29, 0.717) is 12.6 Å². The molecule has 0 saturated carbocycles. The summed E-state index contributed by atoms with van der Waals surface area (Å²) in [6.07, 6.45) is 1.84. The molecule has 1 N–H and O–H groups in total. The molecule has 1 fully saturated rings. The number of hydrogen-bond acceptors (Lipinski definition) is 6. The van der Waals surface area contributed by atoms with Gasteiger partial charge in [-0.05, 0) is 20.8 Å². The standard InChI is InChI=1S/C16H24N6OS/c1-11-9-21(6-7-22(11)16-17-5-8-24-16)10-14(23)18-15-12(2)19-20(4)13(15)3/h5,8,11H,6-7,9-10H2,1-4H3,(H,18,23). The average Bonchev–Trinajstić information content (AvgIpc) is 3.12. The summed E-state index contributed by atoms with van der Waals surface area (Å²) < 4.78 is 1.79. The highest BCUT2D eigenvalue weighted by Gasteiger charge is 2.26. The van der Waals surface area contributed by atoms with E-state index in [0.717, 1.165) is 41.8 Å². The van der Waals surface area contributed by atoms with Crippen LogP contribution in [0.15, 0.2) is 11.6 Å². The van der Waals surface area contributed by atoms with Crippen LogP contribution in [0.4, 0.5) is 10.8 Å². The second-order valence-electron chi connectivity index (χ2n) is 6.31. The molecule has 1 aliphatic heterocycles. The SMILES string of the molecule is Cc1nn(C)c(C)c1NC(=O)CN1CCN(c2nccs2)C(C)C1. The van der Waals surface area contributed by atoms with Crippen LogP contribution in [0.3, 0.4) is 0 Å². The fraction of sp³-hybridized carbons (Fsp3) is 0.562. The van der Waals surface area contributed by atoms with Gasteiger partial charge in [-0.15, -0.1) is 11.3 Å². The molecule has 3 rings (SSSR count). The molecule has 1 unspecified atom stereocenters. The molecule has 2 aromatic rings. The van der Waals surface area contributed by atoms with Gasteiger partial charge in [-0.25, -0.2) is 4.98 Å². The summed E-state index contributed by atoms with van der Waals surface area (Å²) in [5.74, 6) is 0.0177. The van der Waals surface area contributed by atoms with Crippen LogP contribution in [-0.2, 0) is 11.8 Å². The van der Waals surface area contributed by atoms with Gasteiger partial charge in [0, 0.05) is 44.3 Å². The number of nitrogens with zero attached hydrogens (tertiary/aromatic N) is 5. The van der Waals surface area contributed by atoms with E-state index in [-0.39, 0.29) is 5.91 Å². The summed E-state index contributed by atoms with van der Waals surface area (Å²) in [7, 11) is 1.89. The number of nitrogens with one attached hydrogen (secondary N) is 1. The Morgan fingerprint density at radius 2 is 2.21 bits per heavy atom. The highest BCUT2D eigenvalue weighted by Crippen LogP contribution is 2.23. The van der Waals surface area contributed by atoms with Crippen molar-refractivity contribution in [3.05, 3.63) is 23.0 Å². The van der Waals surface area contributed by atoms with Crippen molar-refractivity contribution in [1.29, 1.82) is 0 Å². The van der Waals surface area contributed by atoms with Gasteiger partial charge >= 0.3 is 0 Å². The topological polar surface area (TPSA) is 66.3 Å². The Balaban J connectivity index is 1.56. The molecule has 0 bridgehead atoms. The van der Waals surface area contributed by atoms with Crippen LogP contribution in [0.5, 0.6) is 0 Å². The van der Waals surface area contributed by atoms with E-state index in [1.165, 1.54) is 0 Å². The molecule has 7 nitrogen and oxygen atoms in total. The number of hydrogen-bond donors (Lipinski definition) is 1. The molecular formula is C16H24N6OS. The lowest BCUT2D eigenvalue weighted by atomic mass is 10.2. The summed E-state index contributed by atoms with van der Waals surface area (Å²) in [6, 6.07) is 0.347. The zero-order valence-corrected chi connectivity index (χ0v) is 15.4. The minimum atomic E-state index is 0.0177. The third kappa shape index (κ3) is 3.44. The highest BCUT2D eigenvalue weighted by molar-refractivity contribution is 7.13. The normalized spacial score (nSPS) is 18.8. The first-order chi connectivity index (χ1) is 11.5. The summed E-state index contributed by atoms with van der Waals surface area (Å²) >= 11 is 1.66. The summed E-state index contributed by atoms with van der Waals surface area (Å²) in [6.45, 7) is 9.08. The number of thiazole rings is 1. The van der Waals surface area contributed by atoms with Crippen molar-refractivity contribution in [3.63, 3.8) is 0 Å². The van der Waals surface area contributed by atoms with Crippen molar-refractivity contribution in [2.45, 2.75) is 26.8 Å². The molecule has 1 amide bonds. The molecule has 0 spiro atoms. The third-order valence-electron chi connectivity index (χ3n) is 4.52. The number of rotatable bonds is 4. The quantitative estimate of drug-likeness (QED) is 0.910. The maximum Gasteiger partial charge on any atom is 0.238 e. The van der Waals surface area contributed by atoms with E-state index in [9.17, 15) is 4.79 Å². The van der Waals surface area contributed by atoms with Crippen molar-refractivity contribution in [3.8, 4) is 0 Å². The predicted molar refractivity (Wildman–Crippen MR) is 96.7 cm³/mol. The van der Waals surface area contributed by atoms with Crippen molar-refractivity contribution < 1.29 is 4.79 Å². The average molecular weight is 348 g/mol. The minimum Gasteiger partial charge on any atom is -0.343 e. The fourth-order valence-electron chi connectivity index (χ4n) is 3.16. The van der Waals surface area contributed by atoms with E-state index >= 15 is 0 Å². The smallest absolute Gasteiger partial charge is 0.238 e. The number of aromatic nitrogens is 3. The Morgan fingerprint density at radius 1 is 1.42 bits per heavy atom. The molecule has 2 aromatic heterocycles. The van der Waals surface area contributed by atoms with Crippen LogP contribution in [0.25, 0.3) is 0 Å². The monoisotopic (exact) mass is 348 g/mol. The highest BCUT2D eigenvalue weighted by atomic mass is 32.1. The zero-order chi connectivity index (χ0) is 17.3. The first kappa shape index (κ1) is 16.9. The number of anilines is 2. The lowest BCUT2D eigenvalue weighted by molar-refractivity contribution is -0.117. The molecule has 8 heteroatoms. The van der Waals surface area contributed by atoms with Crippen molar-refractivity contribution in [1.82, 2.24) is 19.7 Å². The second-order valence-corrected chi connectivity index (χ2v) is 7.18. The largest absolute Gasteiger partial charge is 0.343 e. The fourth-order valence-corrected chi connectivity index (χ4v) is 3.93. The lowest BCUT2D eigenvalue weighted by Crippen LogP contribution is -2.53. The molecule has 1 atom stereocenters. The van der Waals surface area contributed by atoms with E-state index in [2.05, 4.69) is 32.1 Å². The van der Waals surface area contributed by atoms with E-state index in [1.54, 1.807) is 16.0 Å². The third-order valence-corrected chi connectivity index (χ3v) is 5.33. The molecule has 1 saturated heterocycles. The van der Waals surface area contributed by atoms with Crippen molar-refractivity contribution in [2.24, 2.45) is 7.05 Å². The van der Waals surface area contributed by atoms with E-state index in [1.807, 2.05) is 32.5 Å². The lowest BCUT2D eigenvalue weighted by Gasteiger charge is -2.39. The molecule has 0 aliphatic carbocycles. The Kier molecular flexibility index (Phi) is 4.86. The maximum absolute atomic E-state index is 12.4. The number of carbonyl (C=O) groups is 1. The van der Waals surface area contributed by atoms with Gasteiger partial charge in [-0.2, -0.15) is 5.10 Å². The van der Waals surface area contributed by atoms with Gasteiger partial charge in [-0.1, -0.05) is 0 Å². The molecule has 24 heavy (non-hydrogen) atoms. The van der Waals surface area contributed by atoms with Gasteiger partial charge in [0.2, 0.25) is 5.91 Å². The molecule has 130 valence electrons. The van der Waals surface area contributed by atoms with Gasteiger partial charge in [-0.3, -0.25) is 14.4 Å². The van der Waals surface area contributed by atoms with Crippen LogP contribution in [-0.4, -0.2) is 57.8 Å². The first-order valence-corrected chi connectivity index (χ1v) is 9.02. The van der Waals surface area contributed by atoms with Gasteiger partial charge in [0.05, 0.1) is 23.6 Å². The zero-order valence-electron chi connectivity index (χ0n) is 14.6. The summed E-state index contributed by atoms with van der Waals surface area (Å²) in [5.41, 5.74) is 2.66. The Hall–Kier alpha value is -1.93. The number of piperazine rings is 1. The molecule has 3 heterocycles. The van der Waals surface area contributed by atoms with Crippen LogP contribution < -0.4 is 10.2 Å². The number of aryl methyl sites for hydroxylation is 2. The minimum absolute atomic E-state index is 0.0177. The maximum atomic E-state index is 12.4. The molecule has 0 aromatic carbocycles. The molecular weight excluding hydrogens is 324 g/mol. The number of amides is 1. The van der Waals surface area contributed by atoms with E-state index in [4.69, 9.17) is 0 Å². The van der Waals surface area contributed by atoms with Crippen molar-refractivity contribution in [2.75, 3.05) is 36.4 Å². The van der Waals surface area contributed by atoms with Gasteiger partial charge in [0.15, 0.2) is 5.13 Å². The predicted octanol–water partition coefficient (Wildman–Crippen LogP) is 1.64. The Bertz CT molecular complexity index is 710. The second kappa shape index (κ2) is 6.90. The summed E-state index contributed by atoms with van der Waals surface area (Å²) in [4.78, 5) is 21.3.